The molecule has 3 heterocycles. The molecular formula is C20H28N6O4. The highest BCUT2D eigenvalue weighted by Gasteiger charge is 2.50. The highest BCUT2D eigenvalue weighted by molar-refractivity contribution is 6.11. The summed E-state index contributed by atoms with van der Waals surface area (Å²) in [4.78, 5) is 19.1. The number of nitrogens with two attached hydrogens (primary N) is 1. The Kier molecular flexibility index (Phi) is 5.27. The molecule has 0 radical (unpaired) electrons. The minimum Gasteiger partial charge on any atom is -0.450 e. The Morgan fingerprint density at radius 3 is 2.67 bits per heavy atom. The molecule has 0 aromatic carbocycles. The van der Waals surface area contributed by atoms with E-state index in [0.717, 1.165) is 59.5 Å². The minimum absolute atomic E-state index is 0.180. The van der Waals surface area contributed by atoms with Crippen molar-refractivity contribution >= 4 is 28.6 Å². The number of oxime groups is 1. The van der Waals surface area contributed by atoms with Gasteiger partial charge >= 0.3 is 6.16 Å². The van der Waals surface area contributed by atoms with E-state index in [0.29, 0.717) is 6.04 Å². The van der Waals surface area contributed by atoms with E-state index in [1.54, 1.807) is 0 Å². The van der Waals surface area contributed by atoms with Gasteiger partial charge < -0.3 is 26.1 Å². The molecule has 5 rings (SSSR count). The number of nitrogens with one attached hydrogen (secondary N) is 1. The molecule has 0 saturated heterocycles. The molecule has 1 aliphatic heterocycles. The Balaban J connectivity index is 0.000000503. The van der Waals surface area contributed by atoms with Crippen molar-refractivity contribution in [3.63, 3.8) is 0 Å². The zero-order valence-corrected chi connectivity index (χ0v) is 17.3. The van der Waals surface area contributed by atoms with Crippen LogP contribution in [0, 0.1) is 6.92 Å². The number of aryl methyl sites for hydroxylation is 2. The fourth-order valence-electron chi connectivity index (χ4n) is 4.44. The summed E-state index contributed by atoms with van der Waals surface area (Å²) >= 11 is 0. The lowest BCUT2D eigenvalue weighted by Crippen LogP contribution is -2.51. The van der Waals surface area contributed by atoms with Crippen molar-refractivity contribution in [1.82, 2.24) is 14.8 Å². The number of hydrogen-bond acceptors (Lipinski definition) is 7. The summed E-state index contributed by atoms with van der Waals surface area (Å²) in [6, 6.07) is 0.764. The normalized spacial score (nSPS) is 25.0. The number of anilines is 1. The summed E-state index contributed by atoms with van der Waals surface area (Å²) in [6.45, 7) is 4.97. The van der Waals surface area contributed by atoms with Crippen LogP contribution in [0.25, 0.3) is 11.0 Å². The highest BCUT2D eigenvalue weighted by Crippen LogP contribution is 2.44. The Bertz CT molecular complexity index is 987. The molecule has 2 fully saturated rings. The van der Waals surface area contributed by atoms with Crippen molar-refractivity contribution in [2.75, 3.05) is 5.32 Å². The molecule has 0 amide bonds. The van der Waals surface area contributed by atoms with Crippen LogP contribution in [0.5, 0.6) is 0 Å². The molecule has 0 unspecified atom stereocenters. The number of fused-ring (bicyclic) bond motifs is 1. The molecular weight excluding hydrogens is 388 g/mol. The number of carbonyl (C=O) groups is 1. The second kappa shape index (κ2) is 7.75. The van der Waals surface area contributed by atoms with Crippen LogP contribution in [0.1, 0.15) is 56.7 Å². The molecule has 30 heavy (non-hydrogen) atoms. The maximum absolute atomic E-state index is 8.56. The van der Waals surface area contributed by atoms with Crippen LogP contribution in [0.4, 0.5) is 10.5 Å². The summed E-state index contributed by atoms with van der Waals surface area (Å²) in [5.41, 5.74) is 10.9. The standard InChI is InChI=1S/C19H26N6O.CH2O3/c1-3-25-18-16(11(2)23-25)17(22-13-5-4-6-13)14(10-21-18)15-9-19(26-24-15)7-12(20)8-19;2-1(3)4/h10,12-13H,3-9,20H2,1-2H3,(H,21,22);(H2,2,3,4). The van der Waals surface area contributed by atoms with Gasteiger partial charge in [-0.3, -0.25) is 0 Å². The third-order valence-electron chi connectivity index (χ3n) is 6.11. The smallest absolute Gasteiger partial charge is 0.450 e. The zero-order valence-electron chi connectivity index (χ0n) is 17.3. The van der Waals surface area contributed by atoms with Crippen LogP contribution in [0.3, 0.4) is 0 Å². The first-order chi connectivity index (χ1) is 14.3. The van der Waals surface area contributed by atoms with E-state index in [-0.39, 0.29) is 11.6 Å². The van der Waals surface area contributed by atoms with Crippen molar-refractivity contribution in [2.45, 2.75) is 76.6 Å². The van der Waals surface area contributed by atoms with Crippen molar-refractivity contribution in [3.05, 3.63) is 17.5 Å². The van der Waals surface area contributed by atoms with Gasteiger partial charge in [-0.1, -0.05) is 5.16 Å². The van der Waals surface area contributed by atoms with Crippen LogP contribution < -0.4 is 11.1 Å². The first-order valence-electron chi connectivity index (χ1n) is 10.4. The maximum atomic E-state index is 8.56. The Morgan fingerprint density at radius 2 is 2.10 bits per heavy atom. The van der Waals surface area contributed by atoms with E-state index in [2.05, 4.69) is 29.4 Å². The number of pyridine rings is 1. The molecule has 2 aliphatic carbocycles. The highest BCUT2D eigenvalue weighted by atomic mass is 16.7. The lowest BCUT2D eigenvalue weighted by molar-refractivity contribution is -0.0856. The molecule has 10 heteroatoms. The average Bonchev–Trinajstić information content (AvgIpc) is 3.19. The summed E-state index contributed by atoms with van der Waals surface area (Å²) < 4.78 is 1.97. The van der Waals surface area contributed by atoms with Gasteiger partial charge in [0.15, 0.2) is 5.65 Å². The van der Waals surface area contributed by atoms with Crippen molar-refractivity contribution in [1.29, 1.82) is 0 Å². The van der Waals surface area contributed by atoms with Gasteiger partial charge in [0.05, 0.1) is 22.5 Å². The first-order valence-corrected chi connectivity index (χ1v) is 10.4. The van der Waals surface area contributed by atoms with Crippen molar-refractivity contribution in [3.8, 4) is 0 Å². The van der Waals surface area contributed by atoms with E-state index in [9.17, 15) is 0 Å². The van der Waals surface area contributed by atoms with Gasteiger partial charge in [0.1, 0.15) is 5.60 Å². The van der Waals surface area contributed by atoms with Crippen LogP contribution >= 0.6 is 0 Å². The predicted octanol–water partition coefficient (Wildman–Crippen LogP) is 2.93. The minimum atomic E-state index is -1.83. The quantitative estimate of drug-likeness (QED) is 0.594. The molecule has 2 aromatic heterocycles. The largest absolute Gasteiger partial charge is 0.503 e. The van der Waals surface area contributed by atoms with Gasteiger partial charge in [-0.25, -0.2) is 14.5 Å². The number of aromatic nitrogens is 3. The van der Waals surface area contributed by atoms with Gasteiger partial charge in [-0.05, 0) is 33.1 Å². The monoisotopic (exact) mass is 416 g/mol. The number of nitrogens with zero attached hydrogens (tertiary/aromatic N) is 4. The van der Waals surface area contributed by atoms with Crippen LogP contribution in [0.15, 0.2) is 11.4 Å². The van der Waals surface area contributed by atoms with Crippen LogP contribution in [-0.2, 0) is 11.4 Å². The molecule has 0 bridgehead atoms. The van der Waals surface area contributed by atoms with E-state index in [1.807, 2.05) is 10.9 Å². The maximum Gasteiger partial charge on any atom is 0.503 e. The van der Waals surface area contributed by atoms with Crippen molar-refractivity contribution in [2.24, 2.45) is 10.9 Å². The zero-order chi connectivity index (χ0) is 21.5. The lowest BCUT2D eigenvalue weighted by Gasteiger charge is -2.40. The van der Waals surface area contributed by atoms with Crippen LogP contribution in [-0.4, -0.2) is 54.5 Å². The fraction of sp³-hybridized carbons (Fsp3) is 0.600. The molecule has 162 valence electrons. The molecule has 1 spiro atoms. The molecule has 10 nitrogen and oxygen atoms in total. The number of rotatable bonds is 4. The van der Waals surface area contributed by atoms with Gasteiger partial charge in [0.2, 0.25) is 0 Å². The summed E-state index contributed by atoms with van der Waals surface area (Å²) in [7, 11) is 0. The van der Waals surface area contributed by atoms with E-state index in [4.69, 9.17) is 30.6 Å². The summed E-state index contributed by atoms with van der Waals surface area (Å²) in [5.74, 6) is 0. The van der Waals surface area contributed by atoms with Crippen molar-refractivity contribution < 1.29 is 19.8 Å². The number of carboxylic acid groups (broad SMARTS) is 2. The van der Waals surface area contributed by atoms with Gasteiger partial charge in [0, 0.05) is 49.7 Å². The summed E-state index contributed by atoms with van der Waals surface area (Å²) in [5, 5.41) is 27.9. The summed E-state index contributed by atoms with van der Waals surface area (Å²) in [6.07, 6.45) is 6.41. The van der Waals surface area contributed by atoms with Gasteiger partial charge in [-0.15, -0.1) is 0 Å². The average molecular weight is 416 g/mol. The number of hydrogen-bond donors (Lipinski definition) is 4. The van der Waals surface area contributed by atoms with E-state index < -0.39 is 6.16 Å². The second-order valence-corrected chi connectivity index (χ2v) is 8.36. The molecule has 2 aromatic rings. The Hall–Kier alpha value is -2.88. The first kappa shape index (κ1) is 20.4. The molecule has 5 N–H and O–H groups in total. The Labute approximate surface area is 174 Å². The van der Waals surface area contributed by atoms with Gasteiger partial charge in [0.25, 0.3) is 0 Å². The Morgan fingerprint density at radius 1 is 1.40 bits per heavy atom. The molecule has 2 saturated carbocycles. The predicted molar refractivity (Wildman–Crippen MR) is 112 cm³/mol. The molecule has 0 atom stereocenters. The third kappa shape index (κ3) is 3.67. The third-order valence-corrected chi connectivity index (χ3v) is 6.11. The SMILES string of the molecule is CCn1nc(C)c2c(NC3CCC3)c(C3=NOC4(C3)CC(N)C4)cnc21.O=C(O)O. The van der Waals surface area contributed by atoms with E-state index in [1.165, 1.54) is 19.3 Å². The van der Waals surface area contributed by atoms with E-state index >= 15 is 0 Å². The van der Waals surface area contributed by atoms with Crippen LogP contribution in [0.2, 0.25) is 0 Å². The fourth-order valence-corrected chi connectivity index (χ4v) is 4.44. The van der Waals surface area contributed by atoms with Gasteiger partial charge in [-0.2, -0.15) is 5.10 Å². The topological polar surface area (TPSA) is 148 Å². The lowest BCUT2D eigenvalue weighted by atomic mass is 9.73. The molecule has 3 aliphatic rings. The second-order valence-electron chi connectivity index (χ2n) is 8.36.